The molecule has 0 atom stereocenters. The summed E-state index contributed by atoms with van der Waals surface area (Å²) in [4.78, 5) is 26.4. The minimum Gasteiger partial charge on any atom is -0.389 e. The number of nitrogens with zero attached hydrogens (tertiary/aromatic N) is 7. The van der Waals surface area contributed by atoms with Crippen molar-refractivity contribution in [1.82, 2.24) is 24.6 Å². The van der Waals surface area contributed by atoms with E-state index in [0.717, 1.165) is 65.6 Å². The van der Waals surface area contributed by atoms with Crippen LogP contribution in [0.15, 0.2) is 54.9 Å². The summed E-state index contributed by atoms with van der Waals surface area (Å²) < 4.78 is 1.85. The monoisotopic (exact) mass is 559 g/mol. The van der Waals surface area contributed by atoms with Crippen molar-refractivity contribution in [3.05, 3.63) is 88.7 Å². The summed E-state index contributed by atoms with van der Waals surface area (Å²) in [6.07, 6.45) is 6.62. The molecule has 2 saturated carbocycles. The third kappa shape index (κ3) is 4.87. The largest absolute Gasteiger partial charge is 0.389 e. The first-order chi connectivity index (χ1) is 20.3. The Labute approximate surface area is 245 Å². The van der Waals surface area contributed by atoms with Gasteiger partial charge in [-0.1, -0.05) is 24.3 Å². The zero-order valence-corrected chi connectivity index (χ0v) is 23.9. The quantitative estimate of drug-likeness (QED) is 0.288. The first-order valence-corrected chi connectivity index (χ1v) is 14.5. The molecule has 0 bridgehead atoms. The SMILES string of the molecule is [C-]#[N+]c1ccc(-c2cc(C3CC3)nc(N3Cc4ccc(CN(C)CC5(O)CCC5)cc4C3=O)c2)c(-c2nncn2C)c1. The third-order valence-corrected chi connectivity index (χ3v) is 8.78. The molecule has 0 radical (unpaired) electrons. The lowest BCUT2D eigenvalue weighted by molar-refractivity contribution is -0.0555. The zero-order valence-electron chi connectivity index (χ0n) is 23.9. The Bertz CT molecular complexity index is 1750. The van der Waals surface area contributed by atoms with Crippen LogP contribution in [0.25, 0.3) is 27.4 Å². The molecule has 0 unspecified atom stereocenters. The zero-order chi connectivity index (χ0) is 29.0. The van der Waals surface area contributed by atoms with Crippen molar-refractivity contribution in [3.63, 3.8) is 0 Å². The molecule has 212 valence electrons. The molecule has 2 aromatic carbocycles. The molecule has 42 heavy (non-hydrogen) atoms. The number of hydrogen-bond donors (Lipinski definition) is 1. The van der Waals surface area contributed by atoms with Crippen LogP contribution < -0.4 is 4.90 Å². The molecule has 2 fully saturated rings. The second-order valence-corrected chi connectivity index (χ2v) is 12.2. The Balaban J connectivity index is 1.22. The molecule has 9 heteroatoms. The number of aliphatic hydroxyl groups is 1. The summed E-state index contributed by atoms with van der Waals surface area (Å²) in [5.41, 5.74) is 6.39. The fourth-order valence-corrected chi connectivity index (χ4v) is 6.23. The average Bonchev–Trinajstić information content (AvgIpc) is 3.66. The van der Waals surface area contributed by atoms with Crippen molar-refractivity contribution in [2.24, 2.45) is 7.05 Å². The number of rotatable bonds is 8. The van der Waals surface area contributed by atoms with Crippen LogP contribution >= 0.6 is 0 Å². The van der Waals surface area contributed by atoms with Gasteiger partial charge in [-0.15, -0.1) is 10.2 Å². The number of likely N-dealkylation sites (N-methyl/N-ethyl adjacent to an activating group) is 1. The summed E-state index contributed by atoms with van der Waals surface area (Å²) in [6, 6.07) is 15.9. The fourth-order valence-electron chi connectivity index (χ4n) is 6.23. The molecule has 4 aromatic rings. The van der Waals surface area contributed by atoms with E-state index in [0.29, 0.717) is 48.4 Å². The molecule has 0 saturated heterocycles. The number of fused-ring (bicyclic) bond motifs is 1. The highest BCUT2D eigenvalue weighted by Gasteiger charge is 2.36. The molecular weight excluding hydrogens is 526 g/mol. The summed E-state index contributed by atoms with van der Waals surface area (Å²) >= 11 is 0. The Morgan fingerprint density at radius 3 is 2.62 bits per heavy atom. The van der Waals surface area contributed by atoms with Crippen LogP contribution in [0.3, 0.4) is 0 Å². The normalized spacial score (nSPS) is 17.3. The number of carbonyl (C=O) groups excluding carboxylic acids is 1. The Kier molecular flexibility index (Phi) is 6.41. The van der Waals surface area contributed by atoms with Gasteiger partial charge in [-0.25, -0.2) is 9.83 Å². The van der Waals surface area contributed by atoms with Gasteiger partial charge in [0.05, 0.1) is 18.7 Å². The summed E-state index contributed by atoms with van der Waals surface area (Å²) in [5, 5.41) is 19.0. The molecule has 0 spiro atoms. The molecular formula is C33H33N7O2. The van der Waals surface area contributed by atoms with Gasteiger partial charge in [0.1, 0.15) is 12.1 Å². The molecule has 3 aliphatic rings. The maximum atomic E-state index is 13.8. The molecule has 2 aromatic heterocycles. The molecule has 1 amide bonds. The van der Waals surface area contributed by atoms with Crippen molar-refractivity contribution in [1.29, 1.82) is 0 Å². The van der Waals surface area contributed by atoms with E-state index in [-0.39, 0.29) is 5.91 Å². The van der Waals surface area contributed by atoms with Crippen molar-refractivity contribution >= 4 is 17.4 Å². The lowest BCUT2D eigenvalue weighted by atomic mass is 9.80. The van der Waals surface area contributed by atoms with E-state index in [2.05, 4.69) is 38.1 Å². The van der Waals surface area contributed by atoms with E-state index < -0.39 is 5.60 Å². The minimum atomic E-state index is -0.572. The number of hydrogen-bond acceptors (Lipinski definition) is 6. The standard InChI is InChI=1S/C33H33N7O2/c1-34-25-9-10-26(28(16-25)31-37-35-20-39(31)3)24-14-29(22-7-8-22)36-30(15-24)40-18-23-6-5-21(13-27(23)32(40)41)17-38(2)19-33(42)11-4-12-33/h5-6,9-10,13-16,20,22,42H,4,7-8,11-12,17-19H2,2-3H3. The minimum absolute atomic E-state index is 0.0459. The van der Waals surface area contributed by atoms with Gasteiger partial charge >= 0.3 is 0 Å². The highest BCUT2D eigenvalue weighted by molar-refractivity contribution is 6.10. The smallest absolute Gasteiger partial charge is 0.260 e. The van der Waals surface area contributed by atoms with Crippen molar-refractivity contribution in [2.75, 3.05) is 18.5 Å². The Hall–Kier alpha value is -4.39. The van der Waals surface area contributed by atoms with Crippen LogP contribution in [-0.2, 0) is 20.1 Å². The van der Waals surface area contributed by atoms with Gasteiger partial charge in [-0.3, -0.25) is 14.6 Å². The maximum Gasteiger partial charge on any atom is 0.260 e. The van der Waals surface area contributed by atoms with Gasteiger partial charge in [0.15, 0.2) is 11.5 Å². The van der Waals surface area contributed by atoms with Gasteiger partial charge in [0, 0.05) is 42.9 Å². The topological polar surface area (TPSA) is 91.7 Å². The van der Waals surface area contributed by atoms with Crippen molar-refractivity contribution < 1.29 is 9.90 Å². The van der Waals surface area contributed by atoms with Crippen LogP contribution in [0, 0.1) is 6.57 Å². The van der Waals surface area contributed by atoms with Gasteiger partial charge in [0.25, 0.3) is 5.91 Å². The number of benzene rings is 2. The highest BCUT2D eigenvalue weighted by Crippen LogP contribution is 2.43. The first kappa shape index (κ1) is 26.5. The average molecular weight is 560 g/mol. The van der Waals surface area contributed by atoms with Gasteiger partial charge in [-0.2, -0.15) is 0 Å². The molecule has 3 heterocycles. The van der Waals surface area contributed by atoms with Gasteiger partial charge in [0.2, 0.25) is 0 Å². The number of pyridine rings is 1. The summed E-state index contributed by atoms with van der Waals surface area (Å²) in [6.45, 7) is 9.32. The summed E-state index contributed by atoms with van der Waals surface area (Å²) in [7, 11) is 3.91. The van der Waals surface area contributed by atoms with E-state index in [1.807, 2.05) is 49.0 Å². The van der Waals surface area contributed by atoms with Crippen molar-refractivity contribution in [2.45, 2.75) is 56.7 Å². The second-order valence-electron chi connectivity index (χ2n) is 12.2. The molecule has 1 N–H and O–H groups in total. The lowest BCUT2D eigenvalue weighted by Gasteiger charge is -2.39. The number of aromatic nitrogens is 4. The number of amides is 1. The van der Waals surface area contributed by atoms with Crippen LogP contribution in [-0.4, -0.2) is 54.9 Å². The van der Waals surface area contributed by atoms with E-state index in [9.17, 15) is 9.90 Å². The van der Waals surface area contributed by atoms with E-state index in [1.54, 1.807) is 11.2 Å². The fraction of sp³-hybridized carbons (Fsp3) is 0.364. The molecule has 1 aliphatic heterocycles. The van der Waals surface area contributed by atoms with E-state index in [1.165, 1.54) is 0 Å². The third-order valence-electron chi connectivity index (χ3n) is 8.78. The predicted octanol–water partition coefficient (Wildman–Crippen LogP) is 5.48. The van der Waals surface area contributed by atoms with Gasteiger partial charge in [-0.05, 0) is 85.7 Å². The summed E-state index contributed by atoms with van der Waals surface area (Å²) in [5.74, 6) is 1.65. The van der Waals surface area contributed by atoms with Crippen LogP contribution in [0.2, 0.25) is 0 Å². The van der Waals surface area contributed by atoms with Crippen molar-refractivity contribution in [3.8, 4) is 22.5 Å². The Morgan fingerprint density at radius 2 is 1.93 bits per heavy atom. The predicted molar refractivity (Wildman–Crippen MR) is 160 cm³/mol. The van der Waals surface area contributed by atoms with Crippen LogP contribution in [0.5, 0.6) is 0 Å². The van der Waals surface area contributed by atoms with Gasteiger partial charge < -0.3 is 9.67 Å². The number of carbonyl (C=O) groups is 1. The Morgan fingerprint density at radius 1 is 1.10 bits per heavy atom. The second kappa shape index (κ2) is 10.2. The van der Waals surface area contributed by atoms with Crippen LogP contribution in [0.4, 0.5) is 11.5 Å². The number of aryl methyl sites for hydroxylation is 1. The molecule has 9 nitrogen and oxygen atoms in total. The molecule has 7 rings (SSSR count). The van der Waals surface area contributed by atoms with Crippen LogP contribution in [0.1, 0.15) is 65.2 Å². The van der Waals surface area contributed by atoms with E-state index in [4.69, 9.17) is 11.6 Å². The lowest BCUT2D eigenvalue weighted by Crippen LogP contribution is -2.46. The first-order valence-electron chi connectivity index (χ1n) is 14.5. The highest BCUT2D eigenvalue weighted by atomic mass is 16.3. The number of anilines is 1. The molecule has 2 aliphatic carbocycles. The maximum absolute atomic E-state index is 13.8. The van der Waals surface area contributed by atoms with E-state index >= 15 is 0 Å².